The minimum Gasteiger partial charge on any atom is -0.386 e. The first-order chi connectivity index (χ1) is 6.88. The zero-order chi connectivity index (χ0) is 11.5. The molecule has 0 unspecified atom stereocenters. The second-order valence-electron chi connectivity index (χ2n) is 3.06. The van der Waals surface area contributed by atoms with Gasteiger partial charge in [0.25, 0.3) is 10.1 Å². The second-order valence-corrected chi connectivity index (χ2v) is 4.70. The number of benzene rings is 1. The van der Waals surface area contributed by atoms with Crippen LogP contribution in [0.1, 0.15) is 11.7 Å². The Morgan fingerprint density at radius 3 is 2.40 bits per heavy atom. The number of rotatable bonds is 4. The van der Waals surface area contributed by atoms with Crippen molar-refractivity contribution in [3.63, 3.8) is 0 Å². The molecule has 0 bridgehead atoms. The van der Waals surface area contributed by atoms with Crippen LogP contribution in [-0.4, -0.2) is 26.4 Å². The molecule has 0 spiro atoms. The van der Waals surface area contributed by atoms with Gasteiger partial charge in [-0.05, 0) is 17.7 Å². The average Bonchev–Trinajstić information content (AvgIpc) is 2.14. The standard InChI is InChI=1S/C9H11FO4S/c1-15(12,13)14-6-9(11)7-2-4-8(10)5-3-7/h2-5,9,11H,6H2,1H3/t9-/m0/s1. The SMILES string of the molecule is CS(=O)(=O)OC[C@H](O)c1ccc(F)cc1. The van der Waals surface area contributed by atoms with Gasteiger partial charge in [-0.3, -0.25) is 4.18 Å². The molecule has 0 aliphatic heterocycles. The Bertz CT molecular complexity index is 412. The predicted octanol–water partition coefficient (Wildman–Crippen LogP) is 0.835. The van der Waals surface area contributed by atoms with E-state index in [-0.39, 0.29) is 6.61 Å². The quantitative estimate of drug-likeness (QED) is 0.784. The van der Waals surface area contributed by atoms with Crippen LogP contribution in [0.2, 0.25) is 0 Å². The minimum atomic E-state index is -3.57. The molecular weight excluding hydrogens is 223 g/mol. The third-order valence-electron chi connectivity index (χ3n) is 1.69. The van der Waals surface area contributed by atoms with Crippen LogP contribution in [0.5, 0.6) is 0 Å². The minimum absolute atomic E-state index is 0.371. The first kappa shape index (κ1) is 12.1. The Morgan fingerprint density at radius 1 is 1.40 bits per heavy atom. The predicted molar refractivity (Wildman–Crippen MR) is 52.2 cm³/mol. The third kappa shape index (κ3) is 4.37. The van der Waals surface area contributed by atoms with Gasteiger partial charge in [0.05, 0.1) is 12.9 Å². The number of hydrogen-bond donors (Lipinski definition) is 1. The molecule has 4 nitrogen and oxygen atoms in total. The van der Waals surface area contributed by atoms with Crippen LogP contribution < -0.4 is 0 Å². The highest BCUT2D eigenvalue weighted by Gasteiger charge is 2.11. The van der Waals surface area contributed by atoms with E-state index in [1.54, 1.807) is 0 Å². The van der Waals surface area contributed by atoms with E-state index in [0.29, 0.717) is 5.56 Å². The summed E-state index contributed by atoms with van der Waals surface area (Å²) in [6, 6.07) is 5.09. The van der Waals surface area contributed by atoms with Crippen LogP contribution >= 0.6 is 0 Å². The van der Waals surface area contributed by atoms with Crippen LogP contribution in [-0.2, 0) is 14.3 Å². The molecular formula is C9H11FO4S. The van der Waals surface area contributed by atoms with Crippen molar-refractivity contribution in [2.45, 2.75) is 6.10 Å². The highest BCUT2D eigenvalue weighted by Crippen LogP contribution is 2.14. The topological polar surface area (TPSA) is 63.6 Å². The van der Waals surface area contributed by atoms with E-state index in [1.807, 2.05) is 0 Å². The number of aliphatic hydroxyl groups excluding tert-OH is 1. The fourth-order valence-electron chi connectivity index (χ4n) is 0.969. The Kier molecular flexibility index (Phi) is 3.78. The molecule has 0 saturated carbocycles. The smallest absolute Gasteiger partial charge is 0.264 e. The lowest BCUT2D eigenvalue weighted by atomic mass is 10.1. The van der Waals surface area contributed by atoms with Crippen LogP contribution in [0.15, 0.2) is 24.3 Å². The molecule has 1 rings (SSSR count). The van der Waals surface area contributed by atoms with Crippen molar-refractivity contribution in [1.82, 2.24) is 0 Å². The van der Waals surface area contributed by atoms with Gasteiger partial charge < -0.3 is 5.11 Å². The Morgan fingerprint density at radius 2 is 1.93 bits per heavy atom. The summed E-state index contributed by atoms with van der Waals surface area (Å²) < 4.78 is 38.2. The summed E-state index contributed by atoms with van der Waals surface area (Å²) in [5, 5.41) is 9.46. The molecule has 0 aromatic heterocycles. The Balaban J connectivity index is 2.61. The average molecular weight is 234 g/mol. The van der Waals surface area contributed by atoms with E-state index < -0.39 is 22.0 Å². The van der Waals surface area contributed by atoms with Gasteiger partial charge in [-0.2, -0.15) is 8.42 Å². The van der Waals surface area contributed by atoms with Crippen molar-refractivity contribution in [3.8, 4) is 0 Å². The summed E-state index contributed by atoms with van der Waals surface area (Å²) in [5.74, 6) is -0.421. The molecule has 0 heterocycles. The highest BCUT2D eigenvalue weighted by atomic mass is 32.2. The summed E-state index contributed by atoms with van der Waals surface area (Å²) >= 11 is 0. The summed E-state index contributed by atoms with van der Waals surface area (Å²) in [5.41, 5.74) is 0.403. The first-order valence-electron chi connectivity index (χ1n) is 4.16. The fraction of sp³-hybridized carbons (Fsp3) is 0.333. The third-order valence-corrected chi connectivity index (χ3v) is 2.26. The molecule has 1 N–H and O–H groups in total. The summed E-state index contributed by atoms with van der Waals surface area (Å²) in [6.07, 6.45) is -0.190. The van der Waals surface area contributed by atoms with E-state index in [1.165, 1.54) is 24.3 Å². The normalized spacial score (nSPS) is 13.8. The molecule has 1 aromatic rings. The van der Waals surface area contributed by atoms with E-state index in [2.05, 4.69) is 4.18 Å². The lowest BCUT2D eigenvalue weighted by Gasteiger charge is -2.09. The fourth-order valence-corrected chi connectivity index (χ4v) is 1.35. The van der Waals surface area contributed by atoms with E-state index >= 15 is 0 Å². The van der Waals surface area contributed by atoms with E-state index in [9.17, 15) is 17.9 Å². The summed E-state index contributed by atoms with van der Waals surface area (Å²) in [6.45, 7) is -0.371. The molecule has 0 aliphatic rings. The maximum atomic E-state index is 12.5. The molecule has 84 valence electrons. The van der Waals surface area contributed by atoms with Crippen LogP contribution in [0.4, 0.5) is 4.39 Å². The van der Waals surface area contributed by atoms with Gasteiger partial charge >= 0.3 is 0 Å². The molecule has 0 aliphatic carbocycles. The van der Waals surface area contributed by atoms with Crippen molar-refractivity contribution >= 4 is 10.1 Å². The zero-order valence-electron chi connectivity index (χ0n) is 8.05. The maximum Gasteiger partial charge on any atom is 0.264 e. The molecule has 1 aromatic carbocycles. The van der Waals surface area contributed by atoms with Crippen LogP contribution in [0, 0.1) is 5.82 Å². The van der Waals surface area contributed by atoms with Gasteiger partial charge in [0, 0.05) is 0 Å². The van der Waals surface area contributed by atoms with Crippen molar-refractivity contribution in [2.24, 2.45) is 0 Å². The summed E-state index contributed by atoms with van der Waals surface area (Å²) in [7, 11) is -3.57. The van der Waals surface area contributed by atoms with Crippen LogP contribution in [0.25, 0.3) is 0 Å². The second kappa shape index (κ2) is 4.69. The molecule has 6 heteroatoms. The van der Waals surface area contributed by atoms with Gasteiger partial charge in [0.1, 0.15) is 11.9 Å². The largest absolute Gasteiger partial charge is 0.386 e. The summed E-state index contributed by atoms with van der Waals surface area (Å²) in [4.78, 5) is 0. The lowest BCUT2D eigenvalue weighted by Crippen LogP contribution is -2.11. The molecule has 1 atom stereocenters. The molecule has 0 saturated heterocycles. The van der Waals surface area contributed by atoms with E-state index in [0.717, 1.165) is 6.26 Å². The lowest BCUT2D eigenvalue weighted by molar-refractivity contribution is 0.112. The van der Waals surface area contributed by atoms with Crippen molar-refractivity contribution in [1.29, 1.82) is 0 Å². The zero-order valence-corrected chi connectivity index (χ0v) is 8.87. The van der Waals surface area contributed by atoms with Gasteiger partial charge in [0.2, 0.25) is 0 Å². The van der Waals surface area contributed by atoms with Gasteiger partial charge in [-0.1, -0.05) is 12.1 Å². The molecule has 15 heavy (non-hydrogen) atoms. The van der Waals surface area contributed by atoms with Gasteiger partial charge in [0.15, 0.2) is 0 Å². The number of hydrogen-bond acceptors (Lipinski definition) is 4. The van der Waals surface area contributed by atoms with Crippen LogP contribution in [0.3, 0.4) is 0 Å². The molecule has 0 radical (unpaired) electrons. The van der Waals surface area contributed by atoms with E-state index in [4.69, 9.17) is 0 Å². The number of aliphatic hydroxyl groups is 1. The highest BCUT2D eigenvalue weighted by molar-refractivity contribution is 7.85. The van der Waals surface area contributed by atoms with Crippen molar-refractivity contribution in [2.75, 3.05) is 12.9 Å². The monoisotopic (exact) mass is 234 g/mol. The van der Waals surface area contributed by atoms with Crippen molar-refractivity contribution in [3.05, 3.63) is 35.6 Å². The Hall–Kier alpha value is -0.980. The van der Waals surface area contributed by atoms with Gasteiger partial charge in [-0.25, -0.2) is 4.39 Å². The Labute approximate surface area is 87.4 Å². The van der Waals surface area contributed by atoms with Gasteiger partial charge in [-0.15, -0.1) is 0 Å². The molecule has 0 amide bonds. The van der Waals surface area contributed by atoms with Crippen molar-refractivity contribution < 1.29 is 22.1 Å². The number of halogens is 1. The molecule has 0 fully saturated rings. The maximum absolute atomic E-state index is 12.5. The first-order valence-corrected chi connectivity index (χ1v) is 5.98.